The van der Waals surface area contributed by atoms with Gasteiger partial charge >= 0.3 is 0 Å². The molecule has 17 heavy (non-hydrogen) atoms. The van der Waals surface area contributed by atoms with Gasteiger partial charge in [0.15, 0.2) is 0 Å². The van der Waals surface area contributed by atoms with Crippen molar-refractivity contribution in [3.8, 4) is 11.3 Å². The van der Waals surface area contributed by atoms with E-state index in [4.69, 9.17) is 11.6 Å². The zero-order chi connectivity index (χ0) is 12.4. The summed E-state index contributed by atoms with van der Waals surface area (Å²) in [5.41, 5.74) is 3.47. The molecule has 1 atom stereocenters. The van der Waals surface area contributed by atoms with Crippen LogP contribution in [0.3, 0.4) is 0 Å². The van der Waals surface area contributed by atoms with Crippen LogP contribution in [0.15, 0.2) is 36.4 Å². The Morgan fingerprint density at radius 1 is 1.24 bits per heavy atom. The van der Waals surface area contributed by atoms with Gasteiger partial charge in [0.1, 0.15) is 0 Å². The van der Waals surface area contributed by atoms with Gasteiger partial charge in [-0.3, -0.25) is 4.98 Å². The summed E-state index contributed by atoms with van der Waals surface area (Å²) in [5, 5.41) is 10.2. The molecule has 2 aromatic rings. The molecule has 0 radical (unpaired) electrons. The molecule has 0 saturated heterocycles. The predicted molar refractivity (Wildman–Crippen MR) is 70.1 cm³/mol. The monoisotopic (exact) mass is 247 g/mol. The Morgan fingerprint density at radius 2 is 2.00 bits per heavy atom. The summed E-state index contributed by atoms with van der Waals surface area (Å²) in [4.78, 5) is 4.41. The van der Waals surface area contributed by atoms with E-state index in [-0.39, 0.29) is 0 Å². The number of nitrogens with zero attached hydrogens (tertiary/aromatic N) is 1. The first kappa shape index (κ1) is 12.1. The molecule has 0 fully saturated rings. The molecule has 0 aliphatic heterocycles. The summed E-state index contributed by atoms with van der Waals surface area (Å²) in [6, 6.07) is 11.4. The van der Waals surface area contributed by atoms with Crippen LogP contribution in [-0.4, -0.2) is 10.1 Å². The second-order valence-electron chi connectivity index (χ2n) is 4.11. The van der Waals surface area contributed by atoms with Gasteiger partial charge in [0.25, 0.3) is 0 Å². The van der Waals surface area contributed by atoms with Crippen molar-refractivity contribution >= 4 is 11.6 Å². The maximum Gasteiger partial charge on any atom is 0.0932 e. The van der Waals surface area contributed by atoms with E-state index in [1.165, 1.54) is 0 Å². The first-order valence-electron chi connectivity index (χ1n) is 5.49. The predicted octanol–water partition coefficient (Wildman–Crippen LogP) is 3.76. The Hall–Kier alpha value is -1.38. The van der Waals surface area contributed by atoms with Crippen molar-refractivity contribution in [2.75, 3.05) is 0 Å². The number of rotatable bonds is 2. The van der Waals surface area contributed by atoms with Gasteiger partial charge in [-0.1, -0.05) is 29.3 Å². The number of pyridine rings is 1. The number of halogens is 1. The quantitative estimate of drug-likeness (QED) is 0.877. The molecule has 0 amide bonds. The fraction of sp³-hybridized carbons (Fsp3) is 0.214. The third-order valence-electron chi connectivity index (χ3n) is 2.60. The van der Waals surface area contributed by atoms with Gasteiger partial charge in [0.2, 0.25) is 0 Å². The summed E-state index contributed by atoms with van der Waals surface area (Å²) in [7, 11) is 0. The van der Waals surface area contributed by atoms with E-state index in [0.29, 0.717) is 10.7 Å². The highest BCUT2D eigenvalue weighted by Crippen LogP contribution is 2.28. The minimum Gasteiger partial charge on any atom is -0.387 e. The molecule has 2 nitrogen and oxygen atoms in total. The molecule has 0 spiro atoms. The minimum atomic E-state index is -0.571. The summed E-state index contributed by atoms with van der Waals surface area (Å²) in [6.07, 6.45) is -0.571. The largest absolute Gasteiger partial charge is 0.387 e. The van der Waals surface area contributed by atoms with Gasteiger partial charge < -0.3 is 5.11 Å². The van der Waals surface area contributed by atoms with Gasteiger partial charge in [0, 0.05) is 10.6 Å². The highest BCUT2D eigenvalue weighted by molar-refractivity contribution is 6.33. The standard InChI is InChI=1S/C14H14ClNO/c1-9-6-7-12(15)11(8-9)14-5-3-4-13(16-14)10(2)17/h3-8,10,17H,1-2H3/t10-/m1/s1. The van der Waals surface area contributed by atoms with E-state index in [0.717, 1.165) is 16.8 Å². The van der Waals surface area contributed by atoms with Crippen molar-refractivity contribution in [3.05, 3.63) is 52.7 Å². The molecule has 0 bridgehead atoms. The zero-order valence-electron chi connectivity index (χ0n) is 9.81. The lowest BCUT2D eigenvalue weighted by molar-refractivity contribution is 0.194. The van der Waals surface area contributed by atoms with Crippen LogP contribution < -0.4 is 0 Å². The van der Waals surface area contributed by atoms with Crippen molar-refractivity contribution in [2.24, 2.45) is 0 Å². The van der Waals surface area contributed by atoms with Crippen molar-refractivity contribution in [1.29, 1.82) is 0 Å². The van der Waals surface area contributed by atoms with Crippen LogP contribution >= 0.6 is 11.6 Å². The van der Waals surface area contributed by atoms with E-state index in [1.807, 2.05) is 37.3 Å². The number of aliphatic hydroxyl groups is 1. The average molecular weight is 248 g/mol. The lowest BCUT2D eigenvalue weighted by Crippen LogP contribution is -1.96. The molecule has 0 saturated carbocycles. The van der Waals surface area contributed by atoms with Gasteiger partial charge in [-0.25, -0.2) is 0 Å². The maximum atomic E-state index is 9.52. The van der Waals surface area contributed by atoms with Gasteiger partial charge in [0.05, 0.1) is 17.5 Å². The van der Waals surface area contributed by atoms with Crippen molar-refractivity contribution < 1.29 is 5.11 Å². The molecular weight excluding hydrogens is 234 g/mol. The Kier molecular flexibility index (Phi) is 3.46. The number of aliphatic hydroxyl groups excluding tert-OH is 1. The van der Waals surface area contributed by atoms with E-state index in [9.17, 15) is 5.11 Å². The smallest absolute Gasteiger partial charge is 0.0932 e. The normalized spacial score (nSPS) is 12.5. The Balaban J connectivity index is 2.52. The van der Waals surface area contributed by atoms with Crippen LogP contribution in [0.5, 0.6) is 0 Å². The van der Waals surface area contributed by atoms with Crippen LogP contribution in [0.1, 0.15) is 24.3 Å². The molecule has 88 valence electrons. The molecule has 0 unspecified atom stereocenters. The third-order valence-corrected chi connectivity index (χ3v) is 2.93. The topological polar surface area (TPSA) is 33.1 Å². The molecule has 1 N–H and O–H groups in total. The SMILES string of the molecule is Cc1ccc(Cl)c(-c2cccc([C@@H](C)O)n2)c1. The molecular formula is C14H14ClNO. The number of aromatic nitrogens is 1. The summed E-state index contributed by atoms with van der Waals surface area (Å²) < 4.78 is 0. The second-order valence-corrected chi connectivity index (χ2v) is 4.51. The van der Waals surface area contributed by atoms with Crippen LogP contribution in [0, 0.1) is 6.92 Å². The Labute approximate surface area is 106 Å². The maximum absolute atomic E-state index is 9.52. The fourth-order valence-corrected chi connectivity index (χ4v) is 1.88. The van der Waals surface area contributed by atoms with Crippen LogP contribution in [-0.2, 0) is 0 Å². The van der Waals surface area contributed by atoms with E-state index < -0.39 is 6.10 Å². The molecule has 2 rings (SSSR count). The number of hydrogen-bond donors (Lipinski definition) is 1. The molecule has 1 aromatic carbocycles. The second kappa shape index (κ2) is 4.86. The summed E-state index contributed by atoms with van der Waals surface area (Å²) >= 11 is 6.16. The number of benzene rings is 1. The molecule has 3 heteroatoms. The summed E-state index contributed by atoms with van der Waals surface area (Å²) in [5.74, 6) is 0. The third kappa shape index (κ3) is 2.65. The molecule has 0 aliphatic carbocycles. The fourth-order valence-electron chi connectivity index (χ4n) is 1.67. The number of aryl methyl sites for hydroxylation is 1. The van der Waals surface area contributed by atoms with Crippen LogP contribution in [0.2, 0.25) is 5.02 Å². The Morgan fingerprint density at radius 3 is 2.71 bits per heavy atom. The lowest BCUT2D eigenvalue weighted by Gasteiger charge is -2.08. The zero-order valence-corrected chi connectivity index (χ0v) is 10.6. The highest BCUT2D eigenvalue weighted by Gasteiger charge is 2.08. The van der Waals surface area contributed by atoms with E-state index in [2.05, 4.69) is 4.98 Å². The van der Waals surface area contributed by atoms with Gasteiger partial charge in [-0.05, 0) is 38.1 Å². The van der Waals surface area contributed by atoms with Gasteiger partial charge in [-0.2, -0.15) is 0 Å². The van der Waals surface area contributed by atoms with Crippen molar-refractivity contribution in [3.63, 3.8) is 0 Å². The van der Waals surface area contributed by atoms with Crippen LogP contribution in [0.4, 0.5) is 0 Å². The Bertz CT molecular complexity index is 537. The lowest BCUT2D eigenvalue weighted by atomic mass is 10.1. The first-order valence-corrected chi connectivity index (χ1v) is 5.87. The average Bonchev–Trinajstić information content (AvgIpc) is 2.32. The van der Waals surface area contributed by atoms with Gasteiger partial charge in [-0.15, -0.1) is 0 Å². The molecule has 0 aliphatic rings. The molecule has 1 heterocycles. The van der Waals surface area contributed by atoms with Crippen LogP contribution in [0.25, 0.3) is 11.3 Å². The minimum absolute atomic E-state index is 0.571. The first-order chi connectivity index (χ1) is 8.08. The van der Waals surface area contributed by atoms with Crippen molar-refractivity contribution in [2.45, 2.75) is 20.0 Å². The number of hydrogen-bond acceptors (Lipinski definition) is 2. The highest BCUT2D eigenvalue weighted by atomic mass is 35.5. The van der Waals surface area contributed by atoms with Crippen molar-refractivity contribution in [1.82, 2.24) is 4.98 Å². The van der Waals surface area contributed by atoms with E-state index >= 15 is 0 Å². The van der Waals surface area contributed by atoms with E-state index in [1.54, 1.807) is 13.0 Å². The summed E-state index contributed by atoms with van der Waals surface area (Å²) in [6.45, 7) is 3.71. The molecule has 1 aromatic heterocycles.